The van der Waals surface area contributed by atoms with E-state index in [1.807, 2.05) is 11.8 Å². The number of rotatable bonds is 6. The van der Waals surface area contributed by atoms with Gasteiger partial charge < -0.3 is 10.6 Å². The van der Waals surface area contributed by atoms with Crippen LogP contribution in [-0.4, -0.2) is 35.1 Å². The number of nitrogens with two attached hydrogens (primary N) is 1. The molecule has 5 heteroatoms. The Morgan fingerprint density at radius 1 is 1.50 bits per heavy atom. The van der Waals surface area contributed by atoms with Gasteiger partial charge in [-0.3, -0.25) is 4.98 Å². The highest BCUT2D eigenvalue weighted by Gasteiger charge is 2.14. The van der Waals surface area contributed by atoms with Crippen molar-refractivity contribution < 1.29 is 0 Å². The molecule has 0 amide bonds. The van der Waals surface area contributed by atoms with E-state index in [0.717, 1.165) is 23.7 Å². The van der Waals surface area contributed by atoms with Gasteiger partial charge in [0.15, 0.2) is 0 Å². The Kier molecular flexibility index (Phi) is 5.55. The minimum Gasteiger partial charge on any atom is -0.355 e. The second kappa shape index (κ2) is 6.70. The van der Waals surface area contributed by atoms with Crippen LogP contribution in [0.15, 0.2) is 12.4 Å². The van der Waals surface area contributed by atoms with E-state index in [1.165, 1.54) is 0 Å². The zero-order chi connectivity index (χ0) is 12.0. The summed E-state index contributed by atoms with van der Waals surface area (Å²) in [7, 11) is 2.06. The van der Waals surface area contributed by atoms with Gasteiger partial charge in [-0.1, -0.05) is 6.92 Å². The largest absolute Gasteiger partial charge is 0.355 e. The van der Waals surface area contributed by atoms with Crippen molar-refractivity contribution in [3.05, 3.63) is 18.1 Å². The Balaban J connectivity index is 2.80. The third-order valence-corrected chi connectivity index (χ3v) is 3.34. The molecule has 1 atom stereocenters. The summed E-state index contributed by atoms with van der Waals surface area (Å²) in [6.07, 6.45) is 6.74. The number of aromatic nitrogens is 2. The molecule has 2 N–H and O–H groups in total. The maximum absolute atomic E-state index is 5.56. The van der Waals surface area contributed by atoms with Crippen molar-refractivity contribution in [3.63, 3.8) is 0 Å². The second-order valence-corrected chi connectivity index (χ2v) is 4.61. The lowest BCUT2D eigenvalue weighted by Crippen LogP contribution is -2.34. The molecule has 1 unspecified atom stereocenters. The van der Waals surface area contributed by atoms with Gasteiger partial charge >= 0.3 is 0 Å². The second-order valence-electron chi connectivity index (χ2n) is 3.70. The first kappa shape index (κ1) is 13.3. The summed E-state index contributed by atoms with van der Waals surface area (Å²) in [5, 5.41) is 0. The maximum atomic E-state index is 5.56. The predicted molar refractivity (Wildman–Crippen MR) is 70.8 cm³/mol. The number of anilines is 1. The molecule has 90 valence electrons. The molecule has 1 aromatic heterocycles. The van der Waals surface area contributed by atoms with Crippen LogP contribution < -0.4 is 10.6 Å². The first-order valence-electron chi connectivity index (χ1n) is 5.45. The van der Waals surface area contributed by atoms with Crippen molar-refractivity contribution >= 4 is 17.6 Å². The monoisotopic (exact) mass is 240 g/mol. The van der Waals surface area contributed by atoms with Crippen LogP contribution in [0.3, 0.4) is 0 Å². The molecule has 1 aromatic rings. The molecule has 0 radical (unpaired) electrons. The van der Waals surface area contributed by atoms with Gasteiger partial charge in [0.2, 0.25) is 0 Å². The number of nitrogens with zero attached hydrogens (tertiary/aromatic N) is 3. The van der Waals surface area contributed by atoms with Gasteiger partial charge in [0.1, 0.15) is 5.82 Å². The summed E-state index contributed by atoms with van der Waals surface area (Å²) < 4.78 is 0. The smallest absolute Gasteiger partial charge is 0.147 e. The third kappa shape index (κ3) is 3.35. The molecule has 0 bridgehead atoms. The quantitative estimate of drug-likeness (QED) is 0.817. The lowest BCUT2D eigenvalue weighted by molar-refractivity contribution is 0.662. The molecule has 0 aliphatic carbocycles. The molecular formula is C11H20N4S. The molecule has 0 fully saturated rings. The normalized spacial score (nSPS) is 12.5. The van der Waals surface area contributed by atoms with Gasteiger partial charge in [-0.25, -0.2) is 4.98 Å². The summed E-state index contributed by atoms with van der Waals surface area (Å²) in [4.78, 5) is 10.8. The van der Waals surface area contributed by atoms with Gasteiger partial charge in [-0.2, -0.15) is 11.8 Å². The van der Waals surface area contributed by atoms with Crippen LogP contribution in [0.2, 0.25) is 0 Å². The fourth-order valence-electron chi connectivity index (χ4n) is 1.55. The Hall–Kier alpha value is -0.810. The summed E-state index contributed by atoms with van der Waals surface area (Å²) in [5.74, 6) is 2.01. The number of hydrogen-bond acceptors (Lipinski definition) is 5. The zero-order valence-electron chi connectivity index (χ0n) is 10.2. The van der Waals surface area contributed by atoms with E-state index < -0.39 is 0 Å². The minimum atomic E-state index is 0.438. The lowest BCUT2D eigenvalue weighted by Gasteiger charge is -2.27. The molecule has 0 saturated heterocycles. The Morgan fingerprint density at radius 2 is 2.25 bits per heavy atom. The topological polar surface area (TPSA) is 55.0 Å². The van der Waals surface area contributed by atoms with Crippen LogP contribution in [0.25, 0.3) is 0 Å². The molecule has 1 heterocycles. The summed E-state index contributed by atoms with van der Waals surface area (Å²) in [5.41, 5.74) is 6.40. The number of hydrogen-bond donors (Lipinski definition) is 1. The van der Waals surface area contributed by atoms with E-state index in [4.69, 9.17) is 5.73 Å². The predicted octanol–water partition coefficient (Wildman–Crippen LogP) is 1.51. The van der Waals surface area contributed by atoms with Gasteiger partial charge in [0, 0.05) is 31.6 Å². The van der Waals surface area contributed by atoms with Gasteiger partial charge in [-0.15, -0.1) is 0 Å². The summed E-state index contributed by atoms with van der Waals surface area (Å²) in [6.45, 7) is 2.63. The highest BCUT2D eigenvalue weighted by molar-refractivity contribution is 7.98. The SMILES string of the molecule is CCC(CSC)N(C)c1cncc(CN)n1. The average molecular weight is 240 g/mol. The lowest BCUT2D eigenvalue weighted by atomic mass is 10.2. The Labute approximate surface area is 102 Å². The molecule has 0 saturated carbocycles. The first-order valence-corrected chi connectivity index (χ1v) is 6.85. The highest BCUT2D eigenvalue weighted by Crippen LogP contribution is 2.15. The Morgan fingerprint density at radius 3 is 2.81 bits per heavy atom. The standard InChI is InChI=1S/C11H20N4S/c1-4-10(8-16-3)15(2)11-7-13-6-9(5-12)14-11/h6-7,10H,4-5,8,12H2,1-3H3. The zero-order valence-corrected chi connectivity index (χ0v) is 11.0. The number of thioether (sulfide) groups is 1. The van der Waals surface area contributed by atoms with Gasteiger partial charge in [-0.05, 0) is 12.7 Å². The minimum absolute atomic E-state index is 0.438. The van der Waals surface area contributed by atoms with Crippen molar-refractivity contribution in [1.29, 1.82) is 0 Å². The molecule has 0 spiro atoms. The van der Waals surface area contributed by atoms with Crippen molar-refractivity contribution in [2.45, 2.75) is 25.9 Å². The Bertz CT molecular complexity index is 319. The van der Waals surface area contributed by atoms with Crippen molar-refractivity contribution in [2.75, 3.05) is 24.0 Å². The van der Waals surface area contributed by atoms with E-state index in [1.54, 1.807) is 12.4 Å². The summed E-state index contributed by atoms with van der Waals surface area (Å²) >= 11 is 1.85. The van der Waals surface area contributed by atoms with Crippen molar-refractivity contribution in [2.24, 2.45) is 5.73 Å². The van der Waals surface area contributed by atoms with Crippen LogP contribution >= 0.6 is 11.8 Å². The highest BCUT2D eigenvalue weighted by atomic mass is 32.2. The van der Waals surface area contributed by atoms with E-state index in [2.05, 4.69) is 35.1 Å². The molecule has 16 heavy (non-hydrogen) atoms. The molecule has 0 aromatic carbocycles. The van der Waals surface area contributed by atoms with Crippen LogP contribution in [0.4, 0.5) is 5.82 Å². The van der Waals surface area contributed by atoms with Crippen LogP contribution in [0, 0.1) is 0 Å². The maximum Gasteiger partial charge on any atom is 0.147 e. The van der Waals surface area contributed by atoms with Crippen molar-refractivity contribution in [3.8, 4) is 0 Å². The first-order chi connectivity index (χ1) is 7.72. The van der Waals surface area contributed by atoms with Crippen molar-refractivity contribution in [1.82, 2.24) is 9.97 Å². The summed E-state index contributed by atoms with van der Waals surface area (Å²) in [6, 6.07) is 0.498. The van der Waals surface area contributed by atoms with Gasteiger partial charge in [0.05, 0.1) is 11.9 Å². The fourth-order valence-corrected chi connectivity index (χ4v) is 2.39. The van der Waals surface area contributed by atoms with Crippen LogP contribution in [-0.2, 0) is 6.54 Å². The van der Waals surface area contributed by atoms with E-state index in [9.17, 15) is 0 Å². The van der Waals surface area contributed by atoms with E-state index >= 15 is 0 Å². The molecule has 4 nitrogen and oxygen atoms in total. The average Bonchev–Trinajstić information content (AvgIpc) is 2.35. The van der Waals surface area contributed by atoms with Gasteiger partial charge in [0.25, 0.3) is 0 Å². The molecular weight excluding hydrogens is 220 g/mol. The third-order valence-electron chi connectivity index (χ3n) is 2.62. The fraction of sp³-hybridized carbons (Fsp3) is 0.636. The molecule has 0 aliphatic rings. The van der Waals surface area contributed by atoms with E-state index in [-0.39, 0.29) is 0 Å². The van der Waals surface area contributed by atoms with Crippen LogP contribution in [0.1, 0.15) is 19.0 Å². The molecule has 0 aliphatic heterocycles. The van der Waals surface area contributed by atoms with E-state index in [0.29, 0.717) is 12.6 Å². The van der Waals surface area contributed by atoms with Crippen LogP contribution in [0.5, 0.6) is 0 Å². The molecule has 1 rings (SSSR count).